The summed E-state index contributed by atoms with van der Waals surface area (Å²) in [5, 5.41) is 28.9. The molecule has 0 aliphatic rings. The molecule has 0 saturated heterocycles. The number of hydrogen-bond donors (Lipinski definition) is 3. The summed E-state index contributed by atoms with van der Waals surface area (Å²) in [4.78, 5) is 2.24. The van der Waals surface area contributed by atoms with Crippen molar-refractivity contribution in [3.05, 3.63) is 0 Å². The van der Waals surface area contributed by atoms with Gasteiger partial charge in [-0.2, -0.15) is 0 Å². The molecule has 0 bridgehead atoms. The SMILES string of the molecule is CC(O)C(C)CN(CC(C)C(C)O)CC(C)C(C)O. The van der Waals surface area contributed by atoms with Gasteiger partial charge >= 0.3 is 0 Å². The van der Waals surface area contributed by atoms with Crippen molar-refractivity contribution >= 4 is 0 Å². The quantitative estimate of drug-likeness (QED) is 0.594. The molecule has 4 heteroatoms. The first-order chi connectivity index (χ1) is 8.65. The minimum absolute atomic E-state index is 0.183. The summed E-state index contributed by atoms with van der Waals surface area (Å²) >= 11 is 0. The number of rotatable bonds is 9. The molecule has 0 amide bonds. The van der Waals surface area contributed by atoms with Crippen LogP contribution < -0.4 is 0 Å². The average molecular weight is 275 g/mol. The van der Waals surface area contributed by atoms with Gasteiger partial charge in [0, 0.05) is 19.6 Å². The fourth-order valence-corrected chi connectivity index (χ4v) is 1.90. The van der Waals surface area contributed by atoms with E-state index >= 15 is 0 Å². The van der Waals surface area contributed by atoms with Crippen LogP contribution in [0, 0.1) is 17.8 Å². The topological polar surface area (TPSA) is 63.9 Å². The van der Waals surface area contributed by atoms with Crippen molar-refractivity contribution in [2.75, 3.05) is 19.6 Å². The predicted molar refractivity (Wildman–Crippen MR) is 79.0 cm³/mol. The summed E-state index contributed by atoms with van der Waals surface area (Å²) < 4.78 is 0. The zero-order valence-corrected chi connectivity index (χ0v) is 13.4. The van der Waals surface area contributed by atoms with Gasteiger partial charge in [0.15, 0.2) is 0 Å². The van der Waals surface area contributed by atoms with Crippen LogP contribution in [0.3, 0.4) is 0 Å². The van der Waals surface area contributed by atoms with Crippen LogP contribution in [-0.2, 0) is 0 Å². The molecule has 0 aliphatic carbocycles. The molecule has 4 nitrogen and oxygen atoms in total. The number of aliphatic hydroxyl groups excluding tert-OH is 3. The van der Waals surface area contributed by atoms with Crippen molar-refractivity contribution in [2.24, 2.45) is 17.8 Å². The molecule has 0 radical (unpaired) electrons. The Morgan fingerprint density at radius 2 is 0.789 bits per heavy atom. The van der Waals surface area contributed by atoms with Gasteiger partial charge in [-0.05, 0) is 38.5 Å². The van der Waals surface area contributed by atoms with Crippen LogP contribution in [0.4, 0.5) is 0 Å². The maximum absolute atomic E-state index is 9.63. The molecule has 0 saturated carbocycles. The van der Waals surface area contributed by atoms with Crippen LogP contribution in [0.1, 0.15) is 41.5 Å². The van der Waals surface area contributed by atoms with Gasteiger partial charge in [-0.3, -0.25) is 0 Å². The fraction of sp³-hybridized carbons (Fsp3) is 1.00. The molecule has 6 unspecified atom stereocenters. The maximum atomic E-state index is 9.63. The zero-order chi connectivity index (χ0) is 15.2. The monoisotopic (exact) mass is 275 g/mol. The highest BCUT2D eigenvalue weighted by Crippen LogP contribution is 2.14. The Morgan fingerprint density at radius 1 is 0.579 bits per heavy atom. The highest BCUT2D eigenvalue weighted by atomic mass is 16.3. The third-order valence-corrected chi connectivity index (χ3v) is 4.11. The Balaban J connectivity index is 4.54. The van der Waals surface area contributed by atoms with E-state index < -0.39 is 0 Å². The molecule has 116 valence electrons. The molecule has 19 heavy (non-hydrogen) atoms. The molecule has 0 aromatic rings. The van der Waals surface area contributed by atoms with Crippen molar-refractivity contribution in [1.29, 1.82) is 0 Å². The zero-order valence-electron chi connectivity index (χ0n) is 13.4. The van der Waals surface area contributed by atoms with Gasteiger partial charge in [0.25, 0.3) is 0 Å². The molecule has 0 aromatic heterocycles. The molecular formula is C15H33NO3. The summed E-state index contributed by atoms with van der Waals surface area (Å²) in [5.41, 5.74) is 0. The van der Waals surface area contributed by atoms with Crippen molar-refractivity contribution < 1.29 is 15.3 Å². The van der Waals surface area contributed by atoms with Gasteiger partial charge in [0.1, 0.15) is 0 Å². The molecule has 0 heterocycles. The van der Waals surface area contributed by atoms with Gasteiger partial charge < -0.3 is 20.2 Å². The number of hydrogen-bond acceptors (Lipinski definition) is 4. The smallest absolute Gasteiger partial charge is 0.0549 e. The van der Waals surface area contributed by atoms with E-state index in [1.165, 1.54) is 0 Å². The highest BCUT2D eigenvalue weighted by Gasteiger charge is 2.21. The maximum Gasteiger partial charge on any atom is 0.0549 e. The van der Waals surface area contributed by atoms with E-state index in [2.05, 4.69) is 4.90 Å². The van der Waals surface area contributed by atoms with Gasteiger partial charge in [-0.15, -0.1) is 0 Å². The Labute approximate surface area is 118 Å². The van der Waals surface area contributed by atoms with Crippen molar-refractivity contribution in [2.45, 2.75) is 59.9 Å². The average Bonchev–Trinajstić information content (AvgIpc) is 2.27. The molecular weight excluding hydrogens is 242 g/mol. The van der Waals surface area contributed by atoms with Crippen LogP contribution >= 0.6 is 0 Å². The van der Waals surface area contributed by atoms with E-state index in [1.54, 1.807) is 20.8 Å². The van der Waals surface area contributed by atoms with Crippen molar-refractivity contribution in [1.82, 2.24) is 4.90 Å². The summed E-state index contributed by atoms with van der Waals surface area (Å²) in [6.45, 7) is 13.8. The molecule has 6 atom stereocenters. The second-order valence-electron chi connectivity index (χ2n) is 6.37. The van der Waals surface area contributed by atoms with E-state index in [0.717, 1.165) is 19.6 Å². The summed E-state index contributed by atoms with van der Waals surface area (Å²) in [7, 11) is 0. The third-order valence-electron chi connectivity index (χ3n) is 4.11. The lowest BCUT2D eigenvalue weighted by Crippen LogP contribution is -2.41. The van der Waals surface area contributed by atoms with Gasteiger partial charge in [-0.1, -0.05) is 20.8 Å². The Hall–Kier alpha value is -0.160. The lowest BCUT2D eigenvalue weighted by molar-refractivity contribution is 0.0482. The molecule has 0 spiro atoms. The Bertz CT molecular complexity index is 193. The molecule has 0 fully saturated rings. The van der Waals surface area contributed by atoms with E-state index in [9.17, 15) is 15.3 Å². The minimum atomic E-state index is -0.341. The van der Waals surface area contributed by atoms with Gasteiger partial charge in [0.05, 0.1) is 18.3 Å². The first-order valence-corrected chi connectivity index (χ1v) is 7.41. The van der Waals surface area contributed by atoms with Crippen molar-refractivity contribution in [3.8, 4) is 0 Å². The van der Waals surface area contributed by atoms with Crippen LogP contribution in [-0.4, -0.2) is 58.2 Å². The molecule has 0 aliphatic heterocycles. The molecule has 3 N–H and O–H groups in total. The van der Waals surface area contributed by atoms with Crippen LogP contribution in [0.15, 0.2) is 0 Å². The van der Waals surface area contributed by atoms with E-state index in [0.29, 0.717) is 0 Å². The van der Waals surface area contributed by atoms with Gasteiger partial charge in [0.2, 0.25) is 0 Å². The lowest BCUT2D eigenvalue weighted by Gasteiger charge is -2.33. The predicted octanol–water partition coefficient (Wildman–Crippen LogP) is 1.34. The second-order valence-corrected chi connectivity index (χ2v) is 6.37. The summed E-state index contributed by atoms with van der Waals surface area (Å²) in [5.74, 6) is 0.548. The van der Waals surface area contributed by atoms with Crippen LogP contribution in [0.2, 0.25) is 0 Å². The first-order valence-electron chi connectivity index (χ1n) is 7.41. The van der Waals surface area contributed by atoms with Gasteiger partial charge in [-0.25, -0.2) is 0 Å². The number of aliphatic hydroxyl groups is 3. The first kappa shape index (κ1) is 18.8. The third kappa shape index (κ3) is 7.88. The Morgan fingerprint density at radius 3 is 0.947 bits per heavy atom. The number of nitrogens with zero attached hydrogens (tertiary/aromatic N) is 1. The summed E-state index contributed by atoms with van der Waals surface area (Å²) in [6, 6.07) is 0. The largest absolute Gasteiger partial charge is 0.393 e. The summed E-state index contributed by atoms with van der Waals surface area (Å²) in [6.07, 6.45) is -1.02. The van der Waals surface area contributed by atoms with Crippen LogP contribution in [0.25, 0.3) is 0 Å². The fourth-order valence-electron chi connectivity index (χ4n) is 1.90. The van der Waals surface area contributed by atoms with E-state index in [-0.39, 0.29) is 36.1 Å². The lowest BCUT2D eigenvalue weighted by atomic mass is 9.99. The standard InChI is InChI=1S/C15H33NO3/c1-10(13(4)17)7-16(8-11(2)14(5)18)9-12(3)15(6)19/h10-15,17-19H,7-9H2,1-6H3. The highest BCUT2D eigenvalue weighted by molar-refractivity contribution is 4.74. The minimum Gasteiger partial charge on any atom is -0.393 e. The Kier molecular flexibility index (Phi) is 8.83. The second kappa shape index (κ2) is 8.90. The normalized spacial score (nSPS) is 21.8. The van der Waals surface area contributed by atoms with Crippen molar-refractivity contribution in [3.63, 3.8) is 0 Å². The van der Waals surface area contributed by atoms with E-state index in [4.69, 9.17) is 0 Å². The molecule has 0 aromatic carbocycles. The van der Waals surface area contributed by atoms with E-state index in [1.807, 2.05) is 20.8 Å². The molecule has 0 rings (SSSR count). The van der Waals surface area contributed by atoms with Crippen LogP contribution in [0.5, 0.6) is 0 Å².